The standard InChI is InChI=1S/C17H21N5O/c1-17(2,3)11-6-7-14(23-5)13(8-11)21-15-12-9-20-22(4)16(12)19-10-18-15/h6-10H,1-5H3,(H,18,19,21). The average molecular weight is 311 g/mol. The van der Waals surface area contributed by atoms with E-state index in [9.17, 15) is 0 Å². The number of rotatable bonds is 3. The van der Waals surface area contributed by atoms with E-state index in [-0.39, 0.29) is 5.41 Å². The molecular formula is C17H21N5O. The Morgan fingerprint density at radius 1 is 1.17 bits per heavy atom. The van der Waals surface area contributed by atoms with Gasteiger partial charge in [-0.1, -0.05) is 26.8 Å². The summed E-state index contributed by atoms with van der Waals surface area (Å²) in [6.07, 6.45) is 3.30. The number of aromatic nitrogens is 4. The molecule has 0 radical (unpaired) electrons. The summed E-state index contributed by atoms with van der Waals surface area (Å²) in [7, 11) is 3.52. The SMILES string of the molecule is COc1ccc(C(C)(C)C)cc1Nc1ncnc2c1cnn2C. The Balaban J connectivity index is 2.07. The van der Waals surface area contributed by atoms with Crippen LogP contribution in [0.4, 0.5) is 11.5 Å². The second-order valence-corrected chi connectivity index (χ2v) is 6.52. The number of hydrogen-bond acceptors (Lipinski definition) is 5. The third kappa shape index (κ3) is 2.84. The summed E-state index contributed by atoms with van der Waals surface area (Å²) in [5.41, 5.74) is 2.94. The number of nitrogens with one attached hydrogen (secondary N) is 1. The van der Waals surface area contributed by atoms with Crippen LogP contribution in [0.1, 0.15) is 26.3 Å². The number of fused-ring (bicyclic) bond motifs is 1. The number of nitrogens with zero attached hydrogens (tertiary/aromatic N) is 4. The first-order valence-corrected chi connectivity index (χ1v) is 7.48. The van der Waals surface area contributed by atoms with Crippen LogP contribution in [0.15, 0.2) is 30.7 Å². The van der Waals surface area contributed by atoms with Gasteiger partial charge in [-0.2, -0.15) is 5.10 Å². The molecule has 0 spiro atoms. The van der Waals surface area contributed by atoms with Crippen LogP contribution in [-0.4, -0.2) is 26.9 Å². The molecule has 0 aliphatic heterocycles. The van der Waals surface area contributed by atoms with Crippen molar-refractivity contribution in [2.24, 2.45) is 7.05 Å². The predicted molar refractivity (Wildman–Crippen MR) is 91.3 cm³/mol. The molecule has 23 heavy (non-hydrogen) atoms. The molecule has 0 saturated carbocycles. The van der Waals surface area contributed by atoms with Crippen molar-refractivity contribution in [2.45, 2.75) is 26.2 Å². The van der Waals surface area contributed by atoms with Crippen LogP contribution in [0, 0.1) is 0 Å². The maximum atomic E-state index is 5.48. The fourth-order valence-corrected chi connectivity index (χ4v) is 2.46. The number of aryl methyl sites for hydroxylation is 1. The summed E-state index contributed by atoms with van der Waals surface area (Å²) in [5, 5.41) is 8.48. The van der Waals surface area contributed by atoms with E-state index in [1.165, 1.54) is 11.9 Å². The minimum atomic E-state index is 0.0536. The van der Waals surface area contributed by atoms with Crippen molar-refractivity contribution in [2.75, 3.05) is 12.4 Å². The molecule has 0 saturated heterocycles. The molecule has 0 unspecified atom stereocenters. The van der Waals surface area contributed by atoms with Gasteiger partial charge < -0.3 is 10.1 Å². The third-order valence-corrected chi connectivity index (χ3v) is 3.85. The topological polar surface area (TPSA) is 64.9 Å². The van der Waals surface area contributed by atoms with Crippen LogP contribution in [0.5, 0.6) is 5.75 Å². The monoisotopic (exact) mass is 311 g/mol. The molecule has 0 fully saturated rings. The first-order valence-electron chi connectivity index (χ1n) is 7.48. The summed E-state index contributed by atoms with van der Waals surface area (Å²) in [6.45, 7) is 6.55. The van der Waals surface area contributed by atoms with E-state index in [1.807, 2.05) is 13.1 Å². The van der Waals surface area contributed by atoms with E-state index in [2.05, 4.69) is 53.3 Å². The van der Waals surface area contributed by atoms with Gasteiger partial charge in [0.25, 0.3) is 0 Å². The van der Waals surface area contributed by atoms with Crippen molar-refractivity contribution in [1.82, 2.24) is 19.7 Å². The van der Waals surface area contributed by atoms with Crippen molar-refractivity contribution < 1.29 is 4.74 Å². The van der Waals surface area contributed by atoms with Crippen molar-refractivity contribution in [1.29, 1.82) is 0 Å². The Bertz CT molecular complexity index is 848. The van der Waals surface area contributed by atoms with Crippen LogP contribution in [0.3, 0.4) is 0 Å². The Labute approximate surface area is 135 Å². The fraction of sp³-hybridized carbons (Fsp3) is 0.353. The van der Waals surface area contributed by atoms with E-state index in [1.54, 1.807) is 18.0 Å². The van der Waals surface area contributed by atoms with Gasteiger partial charge in [0, 0.05) is 7.05 Å². The van der Waals surface area contributed by atoms with Gasteiger partial charge in [0.2, 0.25) is 0 Å². The Morgan fingerprint density at radius 2 is 1.96 bits per heavy atom. The molecule has 3 rings (SSSR count). The molecule has 2 aromatic heterocycles. The van der Waals surface area contributed by atoms with E-state index in [0.29, 0.717) is 5.82 Å². The molecule has 120 valence electrons. The van der Waals surface area contributed by atoms with Crippen LogP contribution in [-0.2, 0) is 12.5 Å². The fourth-order valence-electron chi connectivity index (χ4n) is 2.46. The lowest BCUT2D eigenvalue weighted by atomic mass is 9.87. The molecule has 6 heteroatoms. The number of anilines is 2. The van der Waals surface area contributed by atoms with Gasteiger partial charge >= 0.3 is 0 Å². The predicted octanol–water partition coefficient (Wildman–Crippen LogP) is 3.41. The highest BCUT2D eigenvalue weighted by Crippen LogP contribution is 2.34. The van der Waals surface area contributed by atoms with Gasteiger partial charge in [-0.15, -0.1) is 0 Å². The average Bonchev–Trinajstić information content (AvgIpc) is 2.89. The summed E-state index contributed by atoms with van der Waals surface area (Å²) >= 11 is 0. The zero-order chi connectivity index (χ0) is 16.6. The normalized spacial score (nSPS) is 11.7. The molecule has 1 N–H and O–H groups in total. The number of benzene rings is 1. The molecule has 2 heterocycles. The molecule has 0 aliphatic rings. The smallest absolute Gasteiger partial charge is 0.163 e. The highest BCUT2D eigenvalue weighted by molar-refractivity contribution is 5.88. The third-order valence-electron chi connectivity index (χ3n) is 3.85. The summed E-state index contributed by atoms with van der Waals surface area (Å²) in [5.74, 6) is 1.49. The largest absolute Gasteiger partial charge is 0.495 e. The van der Waals surface area contributed by atoms with Gasteiger partial charge in [0.1, 0.15) is 17.9 Å². The first kappa shape index (κ1) is 15.3. The van der Waals surface area contributed by atoms with Crippen LogP contribution < -0.4 is 10.1 Å². The van der Waals surface area contributed by atoms with Crippen LogP contribution in [0.2, 0.25) is 0 Å². The van der Waals surface area contributed by atoms with Gasteiger partial charge in [-0.05, 0) is 23.1 Å². The molecular weight excluding hydrogens is 290 g/mol. The molecule has 6 nitrogen and oxygen atoms in total. The van der Waals surface area contributed by atoms with Crippen molar-refractivity contribution in [3.63, 3.8) is 0 Å². The molecule has 0 bridgehead atoms. The Morgan fingerprint density at radius 3 is 2.65 bits per heavy atom. The van der Waals surface area contributed by atoms with Gasteiger partial charge in [0.05, 0.1) is 24.4 Å². The second kappa shape index (κ2) is 5.53. The number of methoxy groups -OCH3 is 1. The zero-order valence-corrected chi connectivity index (χ0v) is 14.1. The number of ether oxygens (including phenoxy) is 1. The van der Waals surface area contributed by atoms with Gasteiger partial charge in [-0.25, -0.2) is 9.97 Å². The maximum Gasteiger partial charge on any atom is 0.163 e. The Kier molecular flexibility index (Phi) is 3.67. The van der Waals surface area contributed by atoms with E-state index in [0.717, 1.165) is 22.5 Å². The summed E-state index contributed by atoms with van der Waals surface area (Å²) < 4.78 is 7.20. The molecule has 1 aromatic carbocycles. The van der Waals surface area contributed by atoms with Crippen molar-refractivity contribution in [3.05, 3.63) is 36.3 Å². The lowest BCUT2D eigenvalue weighted by Crippen LogP contribution is -2.11. The lowest BCUT2D eigenvalue weighted by molar-refractivity contribution is 0.416. The lowest BCUT2D eigenvalue weighted by Gasteiger charge is -2.21. The molecule has 0 aliphatic carbocycles. The molecule has 0 amide bonds. The summed E-state index contributed by atoms with van der Waals surface area (Å²) in [4.78, 5) is 8.61. The van der Waals surface area contributed by atoms with Gasteiger partial charge in [0.15, 0.2) is 5.65 Å². The first-order chi connectivity index (χ1) is 10.9. The Hall–Kier alpha value is -2.63. The maximum absolute atomic E-state index is 5.48. The van der Waals surface area contributed by atoms with E-state index in [4.69, 9.17) is 4.74 Å². The molecule has 3 aromatic rings. The van der Waals surface area contributed by atoms with E-state index < -0.39 is 0 Å². The highest BCUT2D eigenvalue weighted by atomic mass is 16.5. The highest BCUT2D eigenvalue weighted by Gasteiger charge is 2.17. The molecule has 0 atom stereocenters. The van der Waals surface area contributed by atoms with E-state index >= 15 is 0 Å². The quantitative estimate of drug-likeness (QED) is 0.803. The zero-order valence-electron chi connectivity index (χ0n) is 14.1. The minimum absolute atomic E-state index is 0.0536. The van der Waals surface area contributed by atoms with Crippen LogP contribution in [0.25, 0.3) is 11.0 Å². The summed E-state index contributed by atoms with van der Waals surface area (Å²) in [6, 6.07) is 6.16. The minimum Gasteiger partial charge on any atom is -0.495 e. The number of hydrogen-bond donors (Lipinski definition) is 1. The second-order valence-electron chi connectivity index (χ2n) is 6.52. The van der Waals surface area contributed by atoms with Crippen LogP contribution >= 0.6 is 0 Å². The van der Waals surface area contributed by atoms with Crippen molar-refractivity contribution in [3.8, 4) is 5.75 Å². The van der Waals surface area contributed by atoms with Gasteiger partial charge in [-0.3, -0.25) is 4.68 Å². The van der Waals surface area contributed by atoms with Crippen molar-refractivity contribution >= 4 is 22.5 Å².